The number of nitrogens with one attached hydrogen (secondary N) is 1. The third-order valence-corrected chi connectivity index (χ3v) is 7.91. The van der Waals surface area contributed by atoms with Gasteiger partial charge in [-0.15, -0.1) is 11.3 Å². The van der Waals surface area contributed by atoms with Crippen LogP contribution >= 0.6 is 11.3 Å². The molecule has 1 N–H and O–H groups in total. The van der Waals surface area contributed by atoms with Crippen molar-refractivity contribution in [1.82, 2.24) is 9.29 Å². The van der Waals surface area contributed by atoms with Crippen molar-refractivity contribution in [3.63, 3.8) is 0 Å². The van der Waals surface area contributed by atoms with E-state index in [2.05, 4.69) is 10.3 Å². The van der Waals surface area contributed by atoms with Crippen molar-refractivity contribution in [3.8, 4) is 17.0 Å². The Labute approximate surface area is 185 Å². The van der Waals surface area contributed by atoms with Gasteiger partial charge in [-0.3, -0.25) is 4.79 Å². The van der Waals surface area contributed by atoms with Crippen molar-refractivity contribution in [1.29, 1.82) is 0 Å². The van der Waals surface area contributed by atoms with E-state index in [1.54, 1.807) is 37.4 Å². The van der Waals surface area contributed by atoms with Gasteiger partial charge >= 0.3 is 0 Å². The zero-order valence-corrected chi connectivity index (χ0v) is 18.7. The molecule has 0 bridgehead atoms. The summed E-state index contributed by atoms with van der Waals surface area (Å²) in [7, 11) is -2.14. The molecule has 9 heteroatoms. The molecule has 3 aromatic rings. The number of aromatic nitrogens is 1. The number of hydrogen-bond donors (Lipinski definition) is 1. The number of nitrogens with zero attached hydrogens (tertiary/aromatic N) is 2. The van der Waals surface area contributed by atoms with Crippen molar-refractivity contribution >= 4 is 32.4 Å². The fraction of sp³-hybridized carbons (Fsp3) is 0.273. The van der Waals surface area contributed by atoms with Crippen molar-refractivity contribution < 1.29 is 17.9 Å². The topological polar surface area (TPSA) is 88.6 Å². The lowest BCUT2D eigenvalue weighted by Crippen LogP contribution is -2.49. The lowest BCUT2D eigenvalue weighted by molar-refractivity contribution is -0.120. The van der Waals surface area contributed by atoms with Crippen LogP contribution in [-0.2, 0) is 14.8 Å². The molecular formula is C22H23N3O4S2. The molecule has 0 saturated carbocycles. The van der Waals surface area contributed by atoms with Gasteiger partial charge < -0.3 is 10.1 Å². The predicted octanol–water partition coefficient (Wildman–Crippen LogP) is 4.00. The third-order valence-electron chi connectivity index (χ3n) is 5.23. The molecule has 4 rings (SSSR count). The summed E-state index contributed by atoms with van der Waals surface area (Å²) in [5, 5.41) is 5.12. The predicted molar refractivity (Wildman–Crippen MR) is 121 cm³/mol. The second-order valence-electron chi connectivity index (χ2n) is 7.20. The highest BCUT2D eigenvalue weighted by Crippen LogP contribution is 2.29. The number of ether oxygens (including phenoxy) is 1. The molecule has 1 aliphatic heterocycles. The number of amides is 1. The molecule has 1 aliphatic rings. The molecule has 1 amide bonds. The van der Waals surface area contributed by atoms with E-state index in [-0.39, 0.29) is 10.8 Å². The summed E-state index contributed by atoms with van der Waals surface area (Å²) < 4.78 is 32.7. The summed E-state index contributed by atoms with van der Waals surface area (Å²) >= 11 is 1.31. The van der Waals surface area contributed by atoms with Crippen LogP contribution in [0.1, 0.15) is 19.3 Å². The minimum absolute atomic E-state index is 0.200. The highest BCUT2D eigenvalue weighted by atomic mass is 32.2. The number of carbonyl (C=O) groups excluding carboxylic acids is 1. The average Bonchev–Trinajstić information content (AvgIpc) is 3.28. The van der Waals surface area contributed by atoms with Gasteiger partial charge in [0.25, 0.3) is 0 Å². The standard InChI is InChI=1S/C22H23N3O4S2/c1-29-17-12-10-16(11-13-17)19-15-30-22(23-19)24-21(26)20-9-5-6-14-25(20)31(27,28)18-7-3-2-4-8-18/h2-4,7-8,10-13,15,20H,5-6,9,14H2,1H3,(H,23,24,26)/t20-/m1/s1. The molecule has 0 aliphatic carbocycles. The quantitative estimate of drug-likeness (QED) is 0.604. The highest BCUT2D eigenvalue weighted by Gasteiger charge is 2.37. The third kappa shape index (κ3) is 4.63. The smallest absolute Gasteiger partial charge is 0.244 e. The Bertz CT molecular complexity index is 1150. The second kappa shape index (κ2) is 9.17. The van der Waals surface area contributed by atoms with Crippen LogP contribution in [0.3, 0.4) is 0 Å². The van der Waals surface area contributed by atoms with Gasteiger partial charge in [0.05, 0.1) is 17.7 Å². The van der Waals surface area contributed by atoms with E-state index in [4.69, 9.17) is 4.74 Å². The van der Waals surface area contributed by atoms with Gasteiger partial charge in [-0.2, -0.15) is 4.31 Å². The van der Waals surface area contributed by atoms with Gasteiger partial charge in [-0.1, -0.05) is 24.6 Å². The first-order chi connectivity index (χ1) is 15.0. The molecule has 0 radical (unpaired) electrons. The fourth-order valence-corrected chi connectivity index (χ4v) is 6.00. The van der Waals surface area contributed by atoms with E-state index in [0.29, 0.717) is 18.1 Å². The molecule has 0 spiro atoms. The Morgan fingerprint density at radius 3 is 2.58 bits per heavy atom. The van der Waals surface area contributed by atoms with E-state index in [1.165, 1.54) is 15.6 Å². The summed E-state index contributed by atoms with van der Waals surface area (Å²) in [6.07, 6.45) is 2.01. The van der Waals surface area contributed by atoms with Crippen molar-refractivity contribution in [2.75, 3.05) is 19.0 Å². The van der Waals surface area contributed by atoms with E-state index in [0.717, 1.165) is 29.8 Å². The first kappa shape index (κ1) is 21.5. The number of sulfonamides is 1. The Morgan fingerprint density at radius 2 is 1.87 bits per heavy atom. The van der Waals surface area contributed by atoms with Crippen LogP contribution in [0.15, 0.2) is 64.9 Å². The van der Waals surface area contributed by atoms with Crippen molar-refractivity contribution in [3.05, 3.63) is 60.0 Å². The Hall–Kier alpha value is -2.75. The van der Waals surface area contributed by atoms with Crippen LogP contribution < -0.4 is 10.1 Å². The van der Waals surface area contributed by atoms with E-state index >= 15 is 0 Å². The lowest BCUT2D eigenvalue weighted by Gasteiger charge is -2.33. The maximum atomic E-state index is 13.1. The molecule has 1 atom stereocenters. The molecule has 0 unspecified atom stereocenters. The van der Waals surface area contributed by atoms with Crippen LogP contribution in [0.5, 0.6) is 5.75 Å². The second-order valence-corrected chi connectivity index (χ2v) is 9.94. The Balaban J connectivity index is 1.51. The van der Waals surface area contributed by atoms with Crippen molar-refractivity contribution in [2.45, 2.75) is 30.2 Å². The first-order valence-corrected chi connectivity index (χ1v) is 12.3. The summed E-state index contributed by atoms with van der Waals surface area (Å²) in [5.41, 5.74) is 1.64. The molecule has 31 heavy (non-hydrogen) atoms. The minimum Gasteiger partial charge on any atom is -0.497 e. The van der Waals surface area contributed by atoms with Crippen LogP contribution in [0, 0.1) is 0 Å². The van der Waals surface area contributed by atoms with E-state index in [9.17, 15) is 13.2 Å². The maximum absolute atomic E-state index is 13.1. The van der Waals surface area contributed by atoms with Gasteiger partial charge in [0, 0.05) is 17.5 Å². The molecule has 162 valence electrons. The fourth-order valence-electron chi connectivity index (χ4n) is 3.60. The van der Waals surface area contributed by atoms with Crippen LogP contribution in [-0.4, -0.2) is 43.3 Å². The van der Waals surface area contributed by atoms with Crippen molar-refractivity contribution in [2.24, 2.45) is 0 Å². The van der Waals surface area contributed by atoms with Gasteiger partial charge in [0.1, 0.15) is 11.8 Å². The summed E-state index contributed by atoms with van der Waals surface area (Å²) in [5.74, 6) is 0.402. The van der Waals surface area contributed by atoms with E-state index < -0.39 is 16.1 Å². The number of methoxy groups -OCH3 is 1. The SMILES string of the molecule is COc1ccc(-c2csc(NC(=O)[C@H]3CCCCN3S(=O)(=O)c3ccccc3)n2)cc1. The number of benzene rings is 2. The number of carbonyl (C=O) groups is 1. The molecule has 1 saturated heterocycles. The number of rotatable bonds is 6. The van der Waals surface area contributed by atoms with Gasteiger partial charge in [0.15, 0.2) is 5.13 Å². The molecule has 1 fully saturated rings. The van der Waals surface area contributed by atoms with Crippen LogP contribution in [0.2, 0.25) is 0 Å². The Morgan fingerprint density at radius 1 is 1.13 bits per heavy atom. The largest absolute Gasteiger partial charge is 0.497 e. The highest BCUT2D eigenvalue weighted by molar-refractivity contribution is 7.89. The zero-order valence-electron chi connectivity index (χ0n) is 17.0. The first-order valence-electron chi connectivity index (χ1n) is 9.97. The average molecular weight is 458 g/mol. The van der Waals surface area contributed by atoms with Gasteiger partial charge in [-0.25, -0.2) is 13.4 Å². The Kier molecular flexibility index (Phi) is 6.35. The van der Waals surface area contributed by atoms with E-state index in [1.807, 2.05) is 29.6 Å². The molecule has 2 aromatic carbocycles. The van der Waals surface area contributed by atoms with Crippen LogP contribution in [0.25, 0.3) is 11.3 Å². The normalized spacial score (nSPS) is 17.3. The molecule has 7 nitrogen and oxygen atoms in total. The number of thiazole rings is 1. The number of anilines is 1. The monoisotopic (exact) mass is 457 g/mol. The zero-order chi connectivity index (χ0) is 21.8. The molecule has 1 aromatic heterocycles. The minimum atomic E-state index is -3.75. The van der Waals surface area contributed by atoms with Gasteiger partial charge in [-0.05, 0) is 49.2 Å². The molecular weight excluding hydrogens is 434 g/mol. The lowest BCUT2D eigenvalue weighted by atomic mass is 10.0. The summed E-state index contributed by atoms with van der Waals surface area (Å²) in [6, 6.07) is 15.0. The molecule has 2 heterocycles. The summed E-state index contributed by atoms with van der Waals surface area (Å²) in [4.78, 5) is 17.7. The maximum Gasteiger partial charge on any atom is 0.244 e. The number of piperidine rings is 1. The summed E-state index contributed by atoms with van der Waals surface area (Å²) in [6.45, 7) is 0.324. The van der Waals surface area contributed by atoms with Crippen LogP contribution in [0.4, 0.5) is 5.13 Å². The number of hydrogen-bond acceptors (Lipinski definition) is 6. The van der Waals surface area contributed by atoms with Gasteiger partial charge in [0.2, 0.25) is 15.9 Å².